The monoisotopic (exact) mass is 312 g/mol. The molecule has 0 radical (unpaired) electrons. The zero-order chi connectivity index (χ0) is 13.8. The highest BCUT2D eigenvalue weighted by molar-refractivity contribution is 5.85. The van der Waals surface area contributed by atoms with E-state index >= 15 is 0 Å². The van der Waals surface area contributed by atoms with Crippen LogP contribution >= 0.6 is 12.4 Å². The Kier molecular flexibility index (Phi) is 6.21. The Morgan fingerprint density at radius 2 is 2.05 bits per heavy atom. The van der Waals surface area contributed by atoms with Crippen LogP contribution in [0.1, 0.15) is 37.8 Å². The number of aliphatic hydroxyl groups is 1. The van der Waals surface area contributed by atoms with Crippen LogP contribution < -0.4 is 10.2 Å². The summed E-state index contributed by atoms with van der Waals surface area (Å²) in [4.78, 5) is 11.3. The van der Waals surface area contributed by atoms with Gasteiger partial charge in [0.2, 0.25) is 0 Å². The molecular formula is C15H25ClN4O. The summed E-state index contributed by atoms with van der Waals surface area (Å²) in [7, 11) is 0. The van der Waals surface area contributed by atoms with Crippen molar-refractivity contribution in [2.45, 2.75) is 50.7 Å². The normalized spacial score (nSPS) is 23.1. The minimum absolute atomic E-state index is 0. The fourth-order valence-electron chi connectivity index (χ4n) is 3.09. The van der Waals surface area contributed by atoms with Crippen molar-refractivity contribution in [3.8, 4) is 0 Å². The molecule has 2 aliphatic heterocycles. The second-order valence-corrected chi connectivity index (χ2v) is 5.92. The highest BCUT2D eigenvalue weighted by Gasteiger charge is 2.19. The summed E-state index contributed by atoms with van der Waals surface area (Å²) >= 11 is 0. The third kappa shape index (κ3) is 4.53. The summed E-state index contributed by atoms with van der Waals surface area (Å²) in [6, 6.07) is 0.658. The standard InChI is InChI=1S/C15H24N4O.ClH/c20-14-5-8-19(9-6-14)15-11-16-10-13(18-15)4-3-12-2-1-7-17-12;/h10-12,14,17,20H,1-9H2;1H. The molecule has 0 amide bonds. The van der Waals surface area contributed by atoms with Gasteiger partial charge in [-0.1, -0.05) is 0 Å². The van der Waals surface area contributed by atoms with E-state index in [1.165, 1.54) is 12.8 Å². The summed E-state index contributed by atoms with van der Waals surface area (Å²) in [5, 5.41) is 13.1. The van der Waals surface area contributed by atoms with Crippen molar-refractivity contribution < 1.29 is 5.11 Å². The van der Waals surface area contributed by atoms with Crippen LogP contribution in [0.5, 0.6) is 0 Å². The lowest BCUT2D eigenvalue weighted by Crippen LogP contribution is -2.36. The van der Waals surface area contributed by atoms with Crippen molar-refractivity contribution in [1.29, 1.82) is 0 Å². The molecule has 2 aliphatic rings. The molecule has 2 saturated heterocycles. The van der Waals surface area contributed by atoms with E-state index in [1.807, 2.05) is 12.4 Å². The predicted octanol–water partition coefficient (Wildman–Crippen LogP) is 1.54. The molecule has 21 heavy (non-hydrogen) atoms. The maximum Gasteiger partial charge on any atom is 0.147 e. The van der Waals surface area contributed by atoms with Gasteiger partial charge < -0.3 is 15.3 Å². The van der Waals surface area contributed by atoms with Crippen molar-refractivity contribution in [3.63, 3.8) is 0 Å². The van der Waals surface area contributed by atoms with Crippen LogP contribution in [0.15, 0.2) is 12.4 Å². The largest absolute Gasteiger partial charge is 0.393 e. The molecule has 2 fully saturated rings. The van der Waals surface area contributed by atoms with Gasteiger partial charge in [0.1, 0.15) is 5.82 Å². The van der Waals surface area contributed by atoms with Crippen LogP contribution in [0.2, 0.25) is 0 Å². The Morgan fingerprint density at radius 1 is 1.24 bits per heavy atom. The first-order valence-corrected chi connectivity index (χ1v) is 7.78. The first-order valence-electron chi connectivity index (χ1n) is 7.78. The van der Waals surface area contributed by atoms with Gasteiger partial charge in [0, 0.05) is 25.3 Å². The molecule has 3 rings (SSSR count). The van der Waals surface area contributed by atoms with Crippen molar-refractivity contribution in [3.05, 3.63) is 18.1 Å². The van der Waals surface area contributed by atoms with Gasteiger partial charge >= 0.3 is 0 Å². The van der Waals surface area contributed by atoms with Gasteiger partial charge in [-0.3, -0.25) is 4.98 Å². The average molecular weight is 313 g/mol. The highest BCUT2D eigenvalue weighted by atomic mass is 35.5. The van der Waals surface area contributed by atoms with E-state index in [9.17, 15) is 5.11 Å². The van der Waals surface area contributed by atoms with E-state index in [-0.39, 0.29) is 18.5 Å². The number of hydrogen-bond donors (Lipinski definition) is 2. The zero-order valence-electron chi connectivity index (χ0n) is 12.4. The Labute approximate surface area is 132 Å². The van der Waals surface area contributed by atoms with Crippen molar-refractivity contribution >= 4 is 18.2 Å². The Bertz CT molecular complexity index is 431. The van der Waals surface area contributed by atoms with E-state index < -0.39 is 0 Å². The number of anilines is 1. The third-order valence-corrected chi connectivity index (χ3v) is 4.37. The summed E-state index contributed by atoms with van der Waals surface area (Å²) in [6.07, 6.45) is 9.98. The molecule has 0 spiro atoms. The molecule has 1 atom stereocenters. The molecule has 0 saturated carbocycles. The molecular weight excluding hydrogens is 288 g/mol. The van der Waals surface area contributed by atoms with Crippen LogP contribution in [-0.4, -0.2) is 46.9 Å². The first kappa shape index (κ1) is 16.5. The van der Waals surface area contributed by atoms with E-state index in [2.05, 4.69) is 15.2 Å². The lowest BCUT2D eigenvalue weighted by molar-refractivity contribution is 0.145. The van der Waals surface area contributed by atoms with Crippen molar-refractivity contribution in [2.75, 3.05) is 24.5 Å². The number of piperidine rings is 1. The first-order chi connectivity index (χ1) is 9.81. The summed E-state index contributed by atoms with van der Waals surface area (Å²) in [5.74, 6) is 0.966. The molecule has 0 aromatic carbocycles. The van der Waals surface area contributed by atoms with Crippen LogP contribution in [0.3, 0.4) is 0 Å². The van der Waals surface area contributed by atoms with Gasteiger partial charge in [-0.15, -0.1) is 12.4 Å². The quantitative estimate of drug-likeness (QED) is 0.883. The lowest BCUT2D eigenvalue weighted by atomic mass is 10.1. The molecule has 0 bridgehead atoms. The maximum atomic E-state index is 9.56. The number of nitrogens with zero attached hydrogens (tertiary/aromatic N) is 3. The fourth-order valence-corrected chi connectivity index (χ4v) is 3.09. The number of hydrogen-bond acceptors (Lipinski definition) is 5. The van der Waals surface area contributed by atoms with Crippen LogP contribution in [-0.2, 0) is 6.42 Å². The van der Waals surface area contributed by atoms with Crippen molar-refractivity contribution in [2.24, 2.45) is 0 Å². The summed E-state index contributed by atoms with van der Waals surface area (Å²) in [5.41, 5.74) is 1.09. The van der Waals surface area contributed by atoms with Gasteiger partial charge in [0.25, 0.3) is 0 Å². The number of aromatic nitrogens is 2. The van der Waals surface area contributed by atoms with Gasteiger partial charge in [-0.2, -0.15) is 0 Å². The molecule has 1 aromatic rings. The highest BCUT2D eigenvalue weighted by Crippen LogP contribution is 2.18. The molecule has 1 unspecified atom stereocenters. The number of aryl methyl sites for hydroxylation is 1. The van der Waals surface area contributed by atoms with Gasteiger partial charge in [0.15, 0.2) is 0 Å². The lowest BCUT2D eigenvalue weighted by Gasteiger charge is -2.30. The molecule has 0 aliphatic carbocycles. The van der Waals surface area contributed by atoms with Gasteiger partial charge in [0.05, 0.1) is 18.0 Å². The molecule has 5 nitrogen and oxygen atoms in total. The topological polar surface area (TPSA) is 61.3 Å². The third-order valence-electron chi connectivity index (χ3n) is 4.37. The van der Waals surface area contributed by atoms with E-state index in [4.69, 9.17) is 4.98 Å². The van der Waals surface area contributed by atoms with Crippen LogP contribution in [0.25, 0.3) is 0 Å². The van der Waals surface area contributed by atoms with Gasteiger partial charge in [-0.05, 0) is 45.1 Å². The molecule has 2 N–H and O–H groups in total. The molecule has 3 heterocycles. The van der Waals surface area contributed by atoms with Crippen LogP contribution in [0.4, 0.5) is 5.82 Å². The second kappa shape index (κ2) is 7.92. The Morgan fingerprint density at radius 3 is 2.76 bits per heavy atom. The number of halogens is 1. The molecule has 6 heteroatoms. The number of rotatable bonds is 4. The maximum absolute atomic E-state index is 9.56. The Hall–Kier alpha value is -0.910. The number of nitrogens with one attached hydrogen (secondary N) is 1. The van der Waals surface area contributed by atoms with E-state index in [0.717, 1.165) is 56.8 Å². The summed E-state index contributed by atoms with van der Waals surface area (Å²) in [6.45, 7) is 2.92. The fraction of sp³-hybridized carbons (Fsp3) is 0.733. The summed E-state index contributed by atoms with van der Waals surface area (Å²) < 4.78 is 0. The van der Waals surface area contributed by atoms with E-state index in [0.29, 0.717) is 6.04 Å². The average Bonchev–Trinajstić information content (AvgIpc) is 3.00. The second-order valence-electron chi connectivity index (χ2n) is 5.92. The minimum atomic E-state index is -0.143. The van der Waals surface area contributed by atoms with Crippen LogP contribution in [0, 0.1) is 0 Å². The van der Waals surface area contributed by atoms with E-state index in [1.54, 1.807) is 0 Å². The predicted molar refractivity (Wildman–Crippen MR) is 86.1 cm³/mol. The zero-order valence-corrected chi connectivity index (χ0v) is 13.2. The minimum Gasteiger partial charge on any atom is -0.393 e. The Balaban J connectivity index is 0.00000161. The van der Waals surface area contributed by atoms with Gasteiger partial charge in [-0.25, -0.2) is 4.98 Å². The van der Waals surface area contributed by atoms with Crippen molar-refractivity contribution in [1.82, 2.24) is 15.3 Å². The number of aliphatic hydroxyl groups excluding tert-OH is 1. The SMILES string of the molecule is Cl.OC1CCN(c2cncc(CCC3CCCN3)n2)CC1. The molecule has 118 valence electrons. The molecule has 1 aromatic heterocycles. The smallest absolute Gasteiger partial charge is 0.147 e.